The van der Waals surface area contributed by atoms with Crippen LogP contribution in [0.2, 0.25) is 5.02 Å². The normalized spacial score (nSPS) is 27.8. The van der Waals surface area contributed by atoms with E-state index >= 15 is 0 Å². The van der Waals surface area contributed by atoms with Crippen LogP contribution in [0, 0.1) is 11.7 Å². The Morgan fingerprint density at radius 3 is 2.10 bits per heavy atom. The Bertz CT molecular complexity index is 483. The van der Waals surface area contributed by atoms with E-state index in [2.05, 4.69) is 13.0 Å². The van der Waals surface area contributed by atoms with Gasteiger partial charge in [0.2, 0.25) is 0 Å². The van der Waals surface area contributed by atoms with Gasteiger partial charge < -0.3 is 0 Å². The Labute approximate surface area is 133 Å². The van der Waals surface area contributed by atoms with E-state index in [1.165, 1.54) is 44.9 Å². The quantitative estimate of drug-likeness (QED) is 0.562. The highest BCUT2D eigenvalue weighted by molar-refractivity contribution is 6.31. The molecule has 1 aromatic carbocycles. The minimum absolute atomic E-state index is 0.126. The summed E-state index contributed by atoms with van der Waals surface area (Å²) in [5.41, 5.74) is 1.92. The summed E-state index contributed by atoms with van der Waals surface area (Å²) in [7, 11) is 0. The van der Waals surface area contributed by atoms with Crippen LogP contribution in [0.5, 0.6) is 0 Å². The molecule has 0 atom stereocenters. The lowest BCUT2D eigenvalue weighted by Gasteiger charge is -2.28. The molecule has 2 aliphatic carbocycles. The second-order valence-electron chi connectivity index (χ2n) is 7.16. The number of hydrogen-bond donors (Lipinski definition) is 0. The molecule has 0 aromatic heterocycles. The molecule has 2 saturated carbocycles. The molecule has 0 heterocycles. The van der Waals surface area contributed by atoms with Crippen molar-refractivity contribution in [2.75, 3.05) is 0 Å². The molecule has 21 heavy (non-hydrogen) atoms. The lowest BCUT2D eigenvalue weighted by molar-refractivity contribution is 0.342. The predicted molar refractivity (Wildman–Crippen MR) is 87.6 cm³/mol. The van der Waals surface area contributed by atoms with Crippen LogP contribution in [0.25, 0.3) is 0 Å². The first-order chi connectivity index (χ1) is 10.2. The Kier molecular flexibility index (Phi) is 4.88. The van der Waals surface area contributed by atoms with Crippen molar-refractivity contribution in [1.29, 1.82) is 0 Å². The highest BCUT2D eigenvalue weighted by atomic mass is 35.5. The van der Waals surface area contributed by atoms with Gasteiger partial charge in [-0.2, -0.15) is 0 Å². The van der Waals surface area contributed by atoms with E-state index in [1.54, 1.807) is 0 Å². The van der Waals surface area contributed by atoms with Crippen molar-refractivity contribution in [1.82, 2.24) is 0 Å². The number of halogens is 2. The van der Waals surface area contributed by atoms with Crippen molar-refractivity contribution in [3.8, 4) is 0 Å². The van der Waals surface area contributed by atoms with Crippen molar-refractivity contribution < 1.29 is 4.39 Å². The van der Waals surface area contributed by atoms with Crippen LogP contribution in [0.4, 0.5) is 4.39 Å². The molecule has 116 valence electrons. The summed E-state index contributed by atoms with van der Waals surface area (Å²) in [6.07, 6.45) is 10.8. The van der Waals surface area contributed by atoms with Crippen molar-refractivity contribution in [3.63, 3.8) is 0 Å². The molecule has 2 fully saturated rings. The van der Waals surface area contributed by atoms with Gasteiger partial charge in [-0.15, -0.1) is 0 Å². The zero-order valence-electron chi connectivity index (χ0n) is 13.0. The van der Waals surface area contributed by atoms with Gasteiger partial charge in [-0.25, -0.2) is 4.39 Å². The molecular weight excluding hydrogens is 283 g/mol. The molecule has 0 amide bonds. The fourth-order valence-electron chi connectivity index (χ4n) is 4.19. The van der Waals surface area contributed by atoms with Crippen molar-refractivity contribution in [2.45, 2.75) is 76.5 Å². The fourth-order valence-corrected chi connectivity index (χ4v) is 4.52. The van der Waals surface area contributed by atoms with Crippen LogP contribution in [0.15, 0.2) is 12.1 Å². The molecule has 0 nitrogen and oxygen atoms in total. The number of hydrogen-bond acceptors (Lipinski definition) is 0. The summed E-state index contributed by atoms with van der Waals surface area (Å²) < 4.78 is 14.8. The van der Waals surface area contributed by atoms with Gasteiger partial charge in [-0.1, -0.05) is 62.8 Å². The maximum absolute atomic E-state index is 14.8. The molecule has 0 radical (unpaired) electrons. The molecule has 0 unspecified atom stereocenters. The van der Waals surface area contributed by atoms with Gasteiger partial charge in [-0.3, -0.25) is 0 Å². The van der Waals surface area contributed by atoms with Gasteiger partial charge in [0.15, 0.2) is 0 Å². The largest absolute Gasteiger partial charge is 0.205 e. The summed E-state index contributed by atoms with van der Waals surface area (Å²) in [5.74, 6) is 1.51. The van der Waals surface area contributed by atoms with Gasteiger partial charge >= 0.3 is 0 Å². The third-order valence-corrected chi connectivity index (χ3v) is 6.03. The van der Waals surface area contributed by atoms with Crippen LogP contribution >= 0.6 is 11.6 Å². The van der Waals surface area contributed by atoms with Gasteiger partial charge in [0.05, 0.1) is 5.02 Å². The van der Waals surface area contributed by atoms with Crippen LogP contribution in [0.1, 0.15) is 87.7 Å². The predicted octanol–water partition coefficient (Wildman–Crippen LogP) is 6.82. The van der Waals surface area contributed by atoms with E-state index in [1.807, 2.05) is 6.07 Å². The number of rotatable bonds is 2. The standard InChI is InChI=1S/C19H26ClF/c1-13-7-9-15(10-8-13)17-12-11-16(18(20)19(17)21)14-5-3-2-4-6-14/h11-15H,2-10H2,1H3. The van der Waals surface area contributed by atoms with E-state index in [-0.39, 0.29) is 5.82 Å². The Hall–Kier alpha value is -0.560. The van der Waals surface area contributed by atoms with E-state index in [4.69, 9.17) is 11.6 Å². The molecule has 0 bridgehead atoms. The van der Waals surface area contributed by atoms with Gasteiger partial charge in [-0.05, 0) is 54.6 Å². The third kappa shape index (κ3) is 3.28. The third-order valence-electron chi connectivity index (χ3n) is 5.64. The molecule has 1 aromatic rings. The lowest BCUT2D eigenvalue weighted by Crippen LogP contribution is -2.13. The molecule has 2 aliphatic rings. The van der Waals surface area contributed by atoms with Crippen molar-refractivity contribution >= 4 is 11.6 Å². The summed E-state index contributed by atoms with van der Waals surface area (Å²) in [6.45, 7) is 2.30. The first-order valence-corrected chi connectivity index (χ1v) is 9.02. The van der Waals surface area contributed by atoms with Gasteiger partial charge in [0.1, 0.15) is 5.82 Å². The monoisotopic (exact) mass is 308 g/mol. The zero-order chi connectivity index (χ0) is 14.8. The summed E-state index contributed by atoms with van der Waals surface area (Å²) in [6, 6.07) is 4.15. The molecule has 0 N–H and O–H groups in total. The first kappa shape index (κ1) is 15.3. The average Bonchev–Trinajstić information content (AvgIpc) is 2.52. The first-order valence-electron chi connectivity index (χ1n) is 8.64. The van der Waals surface area contributed by atoms with Gasteiger partial charge in [0, 0.05) is 0 Å². The fraction of sp³-hybridized carbons (Fsp3) is 0.684. The average molecular weight is 309 g/mol. The molecule has 3 rings (SSSR count). The highest BCUT2D eigenvalue weighted by Crippen LogP contribution is 2.42. The molecular formula is C19H26ClF. The SMILES string of the molecule is CC1CCC(c2ccc(C3CCCCC3)c(Cl)c2F)CC1. The Morgan fingerprint density at radius 1 is 0.857 bits per heavy atom. The molecule has 0 aliphatic heterocycles. The van der Waals surface area contributed by atoms with Crippen LogP contribution in [-0.4, -0.2) is 0 Å². The highest BCUT2D eigenvalue weighted by Gasteiger charge is 2.26. The van der Waals surface area contributed by atoms with E-state index in [0.717, 1.165) is 29.9 Å². The summed E-state index contributed by atoms with van der Waals surface area (Å²) in [4.78, 5) is 0. The van der Waals surface area contributed by atoms with Crippen LogP contribution in [-0.2, 0) is 0 Å². The van der Waals surface area contributed by atoms with E-state index in [9.17, 15) is 4.39 Å². The lowest BCUT2D eigenvalue weighted by atomic mass is 9.78. The maximum atomic E-state index is 14.8. The van der Waals surface area contributed by atoms with Crippen molar-refractivity contribution in [3.05, 3.63) is 34.1 Å². The summed E-state index contributed by atoms with van der Waals surface area (Å²) in [5, 5.41) is 0.415. The molecule has 0 spiro atoms. The van der Waals surface area contributed by atoms with Crippen molar-refractivity contribution in [2.24, 2.45) is 5.92 Å². The second kappa shape index (κ2) is 6.69. The topological polar surface area (TPSA) is 0 Å². The minimum Gasteiger partial charge on any atom is -0.205 e. The maximum Gasteiger partial charge on any atom is 0.145 e. The summed E-state index contributed by atoms with van der Waals surface area (Å²) >= 11 is 6.40. The Balaban J connectivity index is 1.82. The van der Waals surface area contributed by atoms with Crippen LogP contribution < -0.4 is 0 Å². The smallest absolute Gasteiger partial charge is 0.145 e. The molecule has 2 heteroatoms. The van der Waals surface area contributed by atoms with Gasteiger partial charge in [0.25, 0.3) is 0 Å². The number of benzene rings is 1. The van der Waals surface area contributed by atoms with Crippen LogP contribution in [0.3, 0.4) is 0 Å². The zero-order valence-corrected chi connectivity index (χ0v) is 13.8. The molecule has 0 saturated heterocycles. The Morgan fingerprint density at radius 2 is 1.43 bits per heavy atom. The minimum atomic E-state index is -0.126. The van der Waals surface area contributed by atoms with E-state index < -0.39 is 0 Å². The second-order valence-corrected chi connectivity index (χ2v) is 7.54. The van der Waals surface area contributed by atoms with E-state index in [0.29, 0.717) is 16.9 Å².